The summed E-state index contributed by atoms with van der Waals surface area (Å²) in [6, 6.07) is 18.3. The van der Waals surface area contributed by atoms with E-state index in [0.29, 0.717) is 10.1 Å². The number of allylic oxidation sites excluding steroid dienone is 3. The maximum Gasteiger partial charge on any atom is 0.181 e. The summed E-state index contributed by atoms with van der Waals surface area (Å²) in [5.41, 5.74) is 0. The topological polar surface area (TPSA) is 34.1 Å². The Morgan fingerprint density at radius 2 is 1.46 bits per heavy atom. The third kappa shape index (κ3) is 4.13. The van der Waals surface area contributed by atoms with Crippen molar-refractivity contribution in [2.24, 2.45) is 0 Å². The van der Waals surface area contributed by atoms with Crippen LogP contribution in [0.1, 0.15) is 38.5 Å². The lowest BCUT2D eigenvalue weighted by molar-refractivity contribution is 0.483. The number of hydrogen-bond donors (Lipinski definition) is 0. The molecule has 1 saturated carbocycles. The molecule has 0 bridgehead atoms. The highest BCUT2D eigenvalue weighted by Gasteiger charge is 2.35. The van der Waals surface area contributed by atoms with Crippen molar-refractivity contribution >= 4 is 20.7 Å². The van der Waals surface area contributed by atoms with Gasteiger partial charge in [0.2, 0.25) is 0 Å². The van der Waals surface area contributed by atoms with Gasteiger partial charge in [-0.3, -0.25) is 0 Å². The van der Waals surface area contributed by atoms with Crippen LogP contribution in [0.25, 0.3) is 0 Å². The van der Waals surface area contributed by atoms with Crippen LogP contribution in [0.2, 0.25) is 0 Å². The Balaban J connectivity index is 1.65. The molecule has 0 radical (unpaired) electrons. The molecular weight excluding hydrogens is 384 g/mol. The molecule has 2 nitrogen and oxygen atoms in total. The molecule has 2 aliphatic carbocycles. The molecule has 0 spiro atoms. The van der Waals surface area contributed by atoms with Crippen molar-refractivity contribution < 1.29 is 8.42 Å². The molecule has 0 saturated heterocycles. The van der Waals surface area contributed by atoms with E-state index in [9.17, 15) is 8.42 Å². The van der Waals surface area contributed by atoms with Crippen LogP contribution in [0.15, 0.2) is 93.6 Å². The normalized spacial score (nSPS) is 21.5. The first-order valence-electron chi connectivity index (χ1n) is 10.1. The smallest absolute Gasteiger partial charge is 0.181 e. The summed E-state index contributed by atoms with van der Waals surface area (Å²) in [6.45, 7) is 0. The minimum atomic E-state index is -3.22. The fraction of sp³-hybridized carbons (Fsp3) is 0.333. The summed E-state index contributed by atoms with van der Waals surface area (Å²) in [5.74, 6) is 0. The lowest BCUT2D eigenvalue weighted by Gasteiger charge is -2.22. The molecule has 2 aromatic carbocycles. The van der Waals surface area contributed by atoms with Gasteiger partial charge in [0.05, 0.1) is 21.0 Å². The average Bonchev–Trinajstić information content (AvgIpc) is 2.76. The lowest BCUT2D eigenvalue weighted by Crippen LogP contribution is -2.24. The highest BCUT2D eigenvalue weighted by Crippen LogP contribution is 2.33. The molecule has 0 N–H and O–H groups in total. The molecule has 2 atom stereocenters. The second kappa shape index (κ2) is 8.71. The van der Waals surface area contributed by atoms with Gasteiger partial charge in [-0.1, -0.05) is 55.7 Å². The molecule has 0 amide bonds. The Morgan fingerprint density at radius 3 is 2.11 bits per heavy atom. The zero-order valence-corrected chi connectivity index (χ0v) is 17.7. The van der Waals surface area contributed by atoms with Crippen molar-refractivity contribution in [2.75, 3.05) is 0 Å². The average molecular weight is 412 g/mol. The van der Waals surface area contributed by atoms with E-state index in [1.165, 1.54) is 9.79 Å². The highest BCUT2D eigenvalue weighted by molar-refractivity contribution is 7.97. The predicted octanol–water partition coefficient (Wildman–Crippen LogP) is 5.71. The van der Waals surface area contributed by atoms with Crippen LogP contribution < -0.4 is 0 Å². The Hall–Kier alpha value is -1.78. The van der Waals surface area contributed by atoms with Gasteiger partial charge >= 0.3 is 0 Å². The second-order valence-electron chi connectivity index (χ2n) is 7.51. The Kier molecular flexibility index (Phi) is 6.07. The van der Waals surface area contributed by atoms with Gasteiger partial charge < -0.3 is 0 Å². The van der Waals surface area contributed by atoms with E-state index < -0.39 is 9.84 Å². The quantitative estimate of drug-likeness (QED) is 0.590. The van der Waals surface area contributed by atoms with Crippen molar-refractivity contribution in [1.82, 2.24) is 0 Å². The van der Waals surface area contributed by atoms with E-state index in [1.54, 1.807) is 0 Å². The van der Waals surface area contributed by atoms with Gasteiger partial charge in [-0.25, -0.2) is 8.42 Å². The van der Waals surface area contributed by atoms with E-state index >= 15 is 0 Å². The fourth-order valence-electron chi connectivity index (χ4n) is 4.13. The lowest BCUT2D eigenvalue weighted by atomic mass is 10.0. The SMILES string of the molecule is O=S(=O)(c1ccc([S+](c2ccccc2)C2C=CC=CC2)cc1)C1CCCCC1. The molecule has 0 heterocycles. The molecule has 28 heavy (non-hydrogen) atoms. The van der Waals surface area contributed by atoms with Crippen LogP contribution in [0.3, 0.4) is 0 Å². The zero-order chi connectivity index (χ0) is 19.4. The fourth-order valence-corrected chi connectivity index (χ4v) is 8.39. The number of sulfone groups is 1. The maximum absolute atomic E-state index is 13.0. The summed E-state index contributed by atoms with van der Waals surface area (Å²) in [7, 11) is -3.33. The van der Waals surface area contributed by atoms with Crippen molar-refractivity contribution in [3.8, 4) is 0 Å². The van der Waals surface area contributed by atoms with Gasteiger partial charge in [0.1, 0.15) is 0 Å². The Labute approximate surface area is 171 Å². The molecule has 2 aliphatic rings. The molecule has 1 fully saturated rings. The monoisotopic (exact) mass is 411 g/mol. The van der Waals surface area contributed by atoms with E-state index in [4.69, 9.17) is 0 Å². The van der Waals surface area contributed by atoms with E-state index in [0.717, 1.165) is 38.5 Å². The Morgan fingerprint density at radius 1 is 0.786 bits per heavy atom. The summed E-state index contributed by atoms with van der Waals surface area (Å²) in [4.78, 5) is 2.99. The van der Waals surface area contributed by atoms with Crippen LogP contribution in [-0.4, -0.2) is 18.9 Å². The van der Waals surface area contributed by atoms with E-state index in [1.807, 2.05) is 30.3 Å². The summed E-state index contributed by atoms with van der Waals surface area (Å²) < 4.78 is 26.0. The van der Waals surface area contributed by atoms with Crippen LogP contribution in [0.4, 0.5) is 0 Å². The van der Waals surface area contributed by atoms with Gasteiger partial charge in [-0.15, -0.1) is 0 Å². The molecule has 2 unspecified atom stereocenters. The largest absolute Gasteiger partial charge is 0.223 e. The van der Waals surface area contributed by atoms with Gasteiger partial charge in [0.25, 0.3) is 0 Å². The molecule has 0 aromatic heterocycles. The third-order valence-electron chi connectivity index (χ3n) is 5.64. The molecule has 4 rings (SSSR count). The third-order valence-corrected chi connectivity index (χ3v) is 10.4. The highest BCUT2D eigenvalue weighted by atomic mass is 32.2. The van der Waals surface area contributed by atoms with Crippen molar-refractivity contribution in [3.05, 3.63) is 78.9 Å². The first kappa shape index (κ1) is 19.5. The summed E-state index contributed by atoms with van der Waals surface area (Å²) in [5, 5.41) is 0.207. The standard InChI is InChI=1S/C24H27O2S2/c25-28(26,23-14-8-3-9-15-23)24-18-16-22(17-19-24)27(20-10-4-1-5-11-20)21-12-6-2-7-13-21/h1-2,4-7,10-12,16-19,21,23H,3,8-9,13-15H2/q+1. The van der Waals surface area contributed by atoms with Crippen LogP contribution in [0, 0.1) is 0 Å². The van der Waals surface area contributed by atoms with Crippen molar-refractivity contribution in [3.63, 3.8) is 0 Å². The first-order chi connectivity index (χ1) is 13.7. The number of rotatable bonds is 5. The van der Waals surface area contributed by atoms with Gasteiger partial charge in [-0.2, -0.15) is 0 Å². The first-order valence-corrected chi connectivity index (χ1v) is 12.9. The molecule has 4 heteroatoms. The second-order valence-corrected chi connectivity index (χ2v) is 12.0. The number of hydrogen-bond acceptors (Lipinski definition) is 2. The van der Waals surface area contributed by atoms with Gasteiger partial charge in [-0.05, 0) is 55.3 Å². The van der Waals surface area contributed by atoms with Crippen LogP contribution in [-0.2, 0) is 20.7 Å². The molecule has 0 aliphatic heterocycles. The summed E-state index contributed by atoms with van der Waals surface area (Å²) >= 11 is 0. The van der Waals surface area contributed by atoms with Gasteiger partial charge in [0.15, 0.2) is 24.9 Å². The minimum absolute atomic E-state index is 0.110. The van der Waals surface area contributed by atoms with Crippen LogP contribution >= 0.6 is 0 Å². The Bertz CT molecular complexity index is 938. The van der Waals surface area contributed by atoms with E-state index in [-0.39, 0.29) is 16.1 Å². The molecular formula is C24H27O2S2+. The molecule has 146 valence electrons. The van der Waals surface area contributed by atoms with E-state index in [2.05, 4.69) is 48.6 Å². The number of benzene rings is 2. The predicted molar refractivity (Wildman–Crippen MR) is 118 cm³/mol. The van der Waals surface area contributed by atoms with Crippen molar-refractivity contribution in [1.29, 1.82) is 0 Å². The van der Waals surface area contributed by atoms with Gasteiger partial charge in [0, 0.05) is 6.42 Å². The zero-order valence-electron chi connectivity index (χ0n) is 16.0. The minimum Gasteiger partial charge on any atom is -0.223 e. The van der Waals surface area contributed by atoms with Crippen LogP contribution in [0.5, 0.6) is 0 Å². The molecule has 2 aromatic rings. The van der Waals surface area contributed by atoms with Crippen molar-refractivity contribution in [2.45, 2.75) is 63.7 Å². The maximum atomic E-state index is 13.0. The summed E-state index contributed by atoms with van der Waals surface area (Å²) in [6.07, 6.45) is 14.6.